The molecule has 1 nitrogen and oxygen atoms in total. The fourth-order valence-electron chi connectivity index (χ4n) is 4.70. The fraction of sp³-hybridized carbons (Fsp3) is 1.00. The second-order valence-corrected chi connectivity index (χ2v) is 9.54. The van der Waals surface area contributed by atoms with E-state index in [0.29, 0.717) is 0 Å². The zero-order valence-electron chi connectivity index (χ0n) is 21.1. The van der Waals surface area contributed by atoms with E-state index in [1.54, 1.807) is 0 Å². The number of rotatable bonds is 23. The van der Waals surface area contributed by atoms with Crippen molar-refractivity contribution in [1.82, 2.24) is 0 Å². The molecule has 2 heteroatoms. The monoisotopic (exact) mass is 523 g/mol. The van der Waals surface area contributed by atoms with E-state index in [1.165, 1.54) is 153 Å². The van der Waals surface area contributed by atoms with Crippen LogP contribution in [0.25, 0.3) is 0 Å². The lowest BCUT2D eigenvalue weighted by atomic mass is 10.1. The number of nitrogens with zero attached hydrogens (tertiary/aromatic N) is 1. The van der Waals surface area contributed by atoms with E-state index in [2.05, 4.69) is 27.7 Å². The summed E-state index contributed by atoms with van der Waals surface area (Å²) in [6.07, 6.45) is 27.3. The Kier molecular flexibility index (Phi) is 27.4. The third-order valence-corrected chi connectivity index (χ3v) is 6.69. The van der Waals surface area contributed by atoms with Gasteiger partial charge >= 0.3 is 0 Å². The molecule has 0 aromatic heterocycles. The number of hydrogen-bond acceptors (Lipinski definition) is 0. The van der Waals surface area contributed by atoms with Crippen molar-refractivity contribution >= 4 is 0 Å². The van der Waals surface area contributed by atoms with Crippen LogP contribution in [0.15, 0.2) is 0 Å². The SMILES string of the molecule is CCCCCCC[N+](CCCCCC)(CCCCCCC)CCCCCCC.[I-]. The molecule has 0 aliphatic rings. The molecular weight excluding hydrogens is 465 g/mol. The van der Waals surface area contributed by atoms with Crippen LogP contribution in [0, 0.1) is 0 Å². The molecule has 0 N–H and O–H groups in total. The molecule has 0 aliphatic heterocycles. The van der Waals surface area contributed by atoms with Gasteiger partial charge in [0.15, 0.2) is 0 Å². The maximum absolute atomic E-state index is 2.34. The molecule has 0 rings (SSSR count). The first-order valence-corrected chi connectivity index (χ1v) is 13.6. The van der Waals surface area contributed by atoms with E-state index in [-0.39, 0.29) is 24.0 Å². The number of hydrogen-bond donors (Lipinski definition) is 0. The summed E-state index contributed by atoms with van der Waals surface area (Å²) in [6.45, 7) is 15.2. The van der Waals surface area contributed by atoms with Crippen LogP contribution in [-0.2, 0) is 0 Å². The summed E-state index contributed by atoms with van der Waals surface area (Å²) in [4.78, 5) is 0. The van der Waals surface area contributed by atoms with Gasteiger partial charge in [-0.05, 0) is 51.4 Å². The van der Waals surface area contributed by atoms with Gasteiger partial charge in [0.2, 0.25) is 0 Å². The third-order valence-electron chi connectivity index (χ3n) is 6.69. The summed E-state index contributed by atoms with van der Waals surface area (Å²) < 4.78 is 1.47. The molecule has 0 aromatic rings. The molecule has 0 saturated carbocycles. The van der Waals surface area contributed by atoms with Crippen LogP contribution >= 0.6 is 0 Å². The van der Waals surface area contributed by atoms with Crippen molar-refractivity contribution in [3.63, 3.8) is 0 Å². The van der Waals surface area contributed by atoms with Gasteiger partial charge in [-0.1, -0.05) is 98.3 Å². The van der Waals surface area contributed by atoms with Gasteiger partial charge in [0.1, 0.15) is 0 Å². The number of halogens is 1. The van der Waals surface area contributed by atoms with E-state index in [0.717, 1.165) is 0 Å². The zero-order valence-corrected chi connectivity index (χ0v) is 23.2. The summed E-state index contributed by atoms with van der Waals surface area (Å²) in [5.41, 5.74) is 0. The molecule has 0 atom stereocenters. The van der Waals surface area contributed by atoms with Gasteiger partial charge in [-0.2, -0.15) is 0 Å². The summed E-state index contributed by atoms with van der Waals surface area (Å²) >= 11 is 0. The van der Waals surface area contributed by atoms with Gasteiger partial charge in [0.25, 0.3) is 0 Å². The first kappa shape index (κ1) is 31.9. The molecule has 0 saturated heterocycles. The van der Waals surface area contributed by atoms with Gasteiger partial charge in [0.05, 0.1) is 26.2 Å². The largest absolute Gasteiger partial charge is 1.00 e. The summed E-state index contributed by atoms with van der Waals surface area (Å²) in [7, 11) is 0. The van der Waals surface area contributed by atoms with Gasteiger partial charge in [-0.15, -0.1) is 0 Å². The average Bonchev–Trinajstić information content (AvgIpc) is 2.70. The minimum Gasteiger partial charge on any atom is -1.00 e. The Hall–Kier alpha value is 0.690. The third kappa shape index (κ3) is 20.4. The average molecular weight is 524 g/mol. The summed E-state index contributed by atoms with van der Waals surface area (Å²) in [6, 6.07) is 0. The molecule has 0 amide bonds. The first-order chi connectivity index (χ1) is 13.7. The van der Waals surface area contributed by atoms with Crippen LogP contribution in [0.1, 0.15) is 150 Å². The Morgan fingerprint density at radius 3 is 0.759 bits per heavy atom. The molecule has 0 heterocycles. The van der Waals surface area contributed by atoms with Crippen molar-refractivity contribution in [3.05, 3.63) is 0 Å². The van der Waals surface area contributed by atoms with Crippen molar-refractivity contribution in [2.45, 2.75) is 150 Å². The highest BCUT2D eigenvalue weighted by atomic mass is 127. The van der Waals surface area contributed by atoms with E-state index >= 15 is 0 Å². The highest BCUT2D eigenvalue weighted by molar-refractivity contribution is 4.54. The summed E-state index contributed by atoms with van der Waals surface area (Å²) in [5, 5.41) is 0. The number of quaternary nitrogens is 1. The second-order valence-electron chi connectivity index (χ2n) is 9.54. The molecule has 0 aromatic carbocycles. The molecule has 29 heavy (non-hydrogen) atoms. The molecule has 178 valence electrons. The summed E-state index contributed by atoms with van der Waals surface area (Å²) in [5.74, 6) is 0. The Labute approximate surface area is 203 Å². The van der Waals surface area contributed by atoms with Crippen molar-refractivity contribution < 1.29 is 28.5 Å². The lowest BCUT2D eigenvalue weighted by molar-refractivity contribution is -0.929. The molecule has 0 unspecified atom stereocenters. The molecule has 0 radical (unpaired) electrons. The maximum atomic E-state index is 2.34. The maximum Gasteiger partial charge on any atom is 0.0786 e. The predicted molar refractivity (Wildman–Crippen MR) is 130 cm³/mol. The van der Waals surface area contributed by atoms with Crippen LogP contribution in [0.4, 0.5) is 0 Å². The van der Waals surface area contributed by atoms with Crippen LogP contribution in [0.3, 0.4) is 0 Å². The smallest absolute Gasteiger partial charge is 0.0786 e. The van der Waals surface area contributed by atoms with Gasteiger partial charge in [-0.3, -0.25) is 0 Å². The highest BCUT2D eigenvalue weighted by Crippen LogP contribution is 2.20. The fourth-order valence-corrected chi connectivity index (χ4v) is 4.70. The topological polar surface area (TPSA) is 0 Å². The van der Waals surface area contributed by atoms with E-state index in [4.69, 9.17) is 0 Å². The first-order valence-electron chi connectivity index (χ1n) is 13.6. The standard InChI is InChI=1S/C27H58N.HI/c1-5-9-13-17-21-25-28(24-20-16-12-8-4,26-22-18-14-10-6-2)27-23-19-15-11-7-3;/h5-27H2,1-4H3;1H/q+1;/p-1. The molecule has 0 aliphatic carbocycles. The van der Waals surface area contributed by atoms with Crippen LogP contribution < -0.4 is 24.0 Å². The highest BCUT2D eigenvalue weighted by Gasteiger charge is 2.25. The lowest BCUT2D eigenvalue weighted by Gasteiger charge is -2.39. The van der Waals surface area contributed by atoms with Crippen LogP contribution in [-0.4, -0.2) is 30.7 Å². The van der Waals surface area contributed by atoms with Gasteiger partial charge < -0.3 is 28.5 Å². The second kappa shape index (κ2) is 25.0. The number of unbranched alkanes of at least 4 members (excludes halogenated alkanes) is 15. The Morgan fingerprint density at radius 1 is 0.310 bits per heavy atom. The van der Waals surface area contributed by atoms with Crippen molar-refractivity contribution in [2.75, 3.05) is 26.2 Å². The van der Waals surface area contributed by atoms with E-state index in [1.807, 2.05) is 0 Å². The van der Waals surface area contributed by atoms with Crippen LogP contribution in [0.2, 0.25) is 0 Å². The van der Waals surface area contributed by atoms with Gasteiger partial charge in [-0.25, -0.2) is 0 Å². The molecule has 0 bridgehead atoms. The predicted octanol–water partition coefficient (Wildman–Crippen LogP) is 6.30. The normalized spacial score (nSPS) is 11.6. The van der Waals surface area contributed by atoms with Crippen molar-refractivity contribution in [2.24, 2.45) is 0 Å². The molecule has 0 fully saturated rings. The Bertz CT molecular complexity index is 256. The Morgan fingerprint density at radius 2 is 0.517 bits per heavy atom. The molecule has 0 spiro atoms. The van der Waals surface area contributed by atoms with Crippen molar-refractivity contribution in [1.29, 1.82) is 0 Å². The van der Waals surface area contributed by atoms with Crippen LogP contribution in [0.5, 0.6) is 0 Å². The van der Waals surface area contributed by atoms with E-state index in [9.17, 15) is 0 Å². The minimum absolute atomic E-state index is 0. The van der Waals surface area contributed by atoms with Crippen molar-refractivity contribution in [3.8, 4) is 0 Å². The van der Waals surface area contributed by atoms with Gasteiger partial charge in [0, 0.05) is 0 Å². The minimum atomic E-state index is 0. The van der Waals surface area contributed by atoms with E-state index < -0.39 is 0 Å². The quantitative estimate of drug-likeness (QED) is 0.0838. The lowest BCUT2D eigenvalue weighted by Crippen LogP contribution is -3.00. The zero-order chi connectivity index (χ0) is 20.8. The Balaban J connectivity index is 0. The molecular formula is C27H58IN.